The molecule has 3 rings (SSSR count). The van der Waals surface area contributed by atoms with Crippen molar-refractivity contribution in [2.24, 2.45) is 5.92 Å². The molecule has 39 heavy (non-hydrogen) atoms. The van der Waals surface area contributed by atoms with E-state index >= 15 is 0 Å². The summed E-state index contributed by atoms with van der Waals surface area (Å²) in [6, 6.07) is 8.09. The molecular formula is C25H32ClF2N2O8P. The summed E-state index contributed by atoms with van der Waals surface area (Å²) in [5, 5.41) is 13.2. The highest BCUT2D eigenvalue weighted by Crippen LogP contribution is 2.53. The molecule has 0 saturated carbocycles. The van der Waals surface area contributed by atoms with Crippen molar-refractivity contribution in [3.05, 3.63) is 54.8 Å². The summed E-state index contributed by atoms with van der Waals surface area (Å²) in [5.41, 5.74) is 0. The van der Waals surface area contributed by atoms with Crippen LogP contribution in [-0.2, 0) is 28.2 Å². The number of amides is 1. The van der Waals surface area contributed by atoms with Gasteiger partial charge in [0.15, 0.2) is 6.23 Å². The van der Waals surface area contributed by atoms with E-state index in [9.17, 15) is 28.0 Å². The zero-order valence-electron chi connectivity index (χ0n) is 21.9. The van der Waals surface area contributed by atoms with E-state index in [2.05, 4.69) is 11.9 Å². The summed E-state index contributed by atoms with van der Waals surface area (Å²) in [6.07, 6.45) is -5.98. The maximum atomic E-state index is 14.3. The number of aliphatic hydroxyl groups excluding tert-OH is 1. The number of carbonyl (C=O) groups excluding carboxylic acids is 2. The molecule has 2 aliphatic heterocycles. The lowest BCUT2D eigenvalue weighted by molar-refractivity contribution is -0.151. The molecule has 0 spiro atoms. The van der Waals surface area contributed by atoms with E-state index in [1.165, 1.54) is 13.8 Å². The van der Waals surface area contributed by atoms with Crippen molar-refractivity contribution < 1.29 is 46.6 Å². The third-order valence-corrected chi connectivity index (χ3v) is 8.67. The van der Waals surface area contributed by atoms with Crippen LogP contribution in [0.2, 0.25) is 0 Å². The largest absolute Gasteiger partial charge is 0.463 e. The Morgan fingerprint density at radius 1 is 1.31 bits per heavy atom. The number of esters is 1. The molecule has 1 amide bonds. The maximum absolute atomic E-state index is 14.3. The first-order valence-electron chi connectivity index (χ1n) is 12.2. The highest BCUT2D eigenvalue weighted by atomic mass is 35.5. The normalized spacial score (nSPS) is 28.4. The van der Waals surface area contributed by atoms with Crippen molar-refractivity contribution in [2.75, 3.05) is 12.8 Å². The molecule has 0 aliphatic carbocycles. The number of alkyl halides is 2. The SMILES string of the molecule is C=C1NC(=O)C(F)=CN1[C@@H]1O[C@H]([C@@H](C)O[P@](=O)(C[C@@H](C)C(=O)OC(C)C)Oc2ccccc2)[C@H](O)C1(Cl)CF. The minimum atomic E-state index is -4.15. The minimum Gasteiger partial charge on any atom is -0.463 e. The van der Waals surface area contributed by atoms with Gasteiger partial charge in [0.2, 0.25) is 5.83 Å². The van der Waals surface area contributed by atoms with Gasteiger partial charge in [-0.2, -0.15) is 4.39 Å². The summed E-state index contributed by atoms with van der Waals surface area (Å²) in [7, 11) is -4.15. The summed E-state index contributed by atoms with van der Waals surface area (Å²) >= 11 is 6.45. The second kappa shape index (κ2) is 12.3. The number of hydrogen-bond donors (Lipinski definition) is 2. The first-order valence-corrected chi connectivity index (χ1v) is 14.3. The number of rotatable bonds is 11. The van der Waals surface area contributed by atoms with Crippen molar-refractivity contribution in [2.45, 2.75) is 63.2 Å². The third kappa shape index (κ3) is 6.99. The van der Waals surface area contributed by atoms with Gasteiger partial charge in [-0.15, -0.1) is 11.6 Å². The lowest BCUT2D eigenvalue weighted by atomic mass is 9.97. The molecule has 0 aromatic heterocycles. The summed E-state index contributed by atoms with van der Waals surface area (Å²) < 4.78 is 64.8. The number of nitrogens with one attached hydrogen (secondary N) is 1. The Morgan fingerprint density at radius 2 is 1.95 bits per heavy atom. The number of halogens is 3. The van der Waals surface area contributed by atoms with Crippen molar-refractivity contribution in [1.29, 1.82) is 0 Å². The molecule has 1 aromatic carbocycles. The van der Waals surface area contributed by atoms with E-state index in [0.29, 0.717) is 0 Å². The van der Waals surface area contributed by atoms with Gasteiger partial charge in [0.05, 0.1) is 24.3 Å². The van der Waals surface area contributed by atoms with Crippen LogP contribution in [0.5, 0.6) is 5.75 Å². The quantitative estimate of drug-likeness (QED) is 0.223. The predicted molar refractivity (Wildman–Crippen MR) is 138 cm³/mol. The lowest BCUT2D eigenvalue weighted by Gasteiger charge is -2.37. The fraction of sp³-hybridized carbons (Fsp3) is 0.520. The van der Waals surface area contributed by atoms with Gasteiger partial charge >= 0.3 is 13.6 Å². The van der Waals surface area contributed by atoms with E-state index in [1.807, 2.05) is 0 Å². The van der Waals surface area contributed by atoms with Gasteiger partial charge in [-0.05, 0) is 32.9 Å². The molecule has 14 heteroatoms. The summed E-state index contributed by atoms with van der Waals surface area (Å²) in [4.78, 5) is 22.8. The Kier molecular flexibility index (Phi) is 9.82. The van der Waals surface area contributed by atoms with Crippen LogP contribution in [0, 0.1) is 5.92 Å². The van der Waals surface area contributed by atoms with Crippen molar-refractivity contribution in [3.63, 3.8) is 0 Å². The molecule has 1 unspecified atom stereocenters. The zero-order chi connectivity index (χ0) is 29.1. The van der Waals surface area contributed by atoms with Gasteiger partial charge in [0.25, 0.3) is 5.91 Å². The molecule has 0 radical (unpaired) electrons. The highest BCUT2D eigenvalue weighted by Gasteiger charge is 2.60. The van der Waals surface area contributed by atoms with E-state index in [-0.39, 0.29) is 17.7 Å². The van der Waals surface area contributed by atoms with E-state index in [4.69, 9.17) is 30.1 Å². The molecule has 2 heterocycles. The van der Waals surface area contributed by atoms with E-state index in [1.54, 1.807) is 44.2 Å². The fourth-order valence-corrected chi connectivity index (χ4v) is 6.48. The number of carbonyl (C=O) groups is 2. The number of aliphatic hydroxyl groups is 1. The van der Waals surface area contributed by atoms with Gasteiger partial charge in [0, 0.05) is 6.20 Å². The molecule has 2 N–H and O–H groups in total. The number of hydrogen-bond acceptors (Lipinski definition) is 9. The average Bonchev–Trinajstić information content (AvgIpc) is 3.12. The number of ether oxygens (including phenoxy) is 2. The Labute approximate surface area is 230 Å². The number of benzene rings is 1. The van der Waals surface area contributed by atoms with Crippen LogP contribution in [0.25, 0.3) is 0 Å². The molecular weight excluding hydrogens is 561 g/mol. The van der Waals surface area contributed by atoms with Gasteiger partial charge < -0.3 is 29.3 Å². The molecule has 10 nitrogen and oxygen atoms in total. The fourth-order valence-electron chi connectivity index (χ4n) is 4.10. The Morgan fingerprint density at radius 3 is 2.54 bits per heavy atom. The minimum absolute atomic E-state index is 0.165. The van der Waals surface area contributed by atoms with Crippen LogP contribution in [0.3, 0.4) is 0 Å². The average molecular weight is 593 g/mol. The molecule has 1 aromatic rings. The van der Waals surface area contributed by atoms with Gasteiger partial charge in [-0.3, -0.25) is 14.1 Å². The van der Waals surface area contributed by atoms with E-state index in [0.717, 1.165) is 11.1 Å². The van der Waals surface area contributed by atoms with Crippen molar-refractivity contribution in [3.8, 4) is 5.75 Å². The molecule has 2 aliphatic rings. The first kappa shape index (κ1) is 31.0. The standard InChI is InChI=1S/C25H32ClF2N2O8P/c1-14(2)35-23(33)15(3)12-39(34,38-18-9-7-6-8-10-18)37-16(4)20-21(31)25(26,13-27)24(36-20)30-11-19(28)22(32)29-17(30)5/h6-11,14-16,20-21,24,31H,5,12-13H2,1-4H3,(H,29,32)/t15-,16-,20-,21+,24-,25?,39-/m1/s1. The summed E-state index contributed by atoms with van der Waals surface area (Å²) in [5.74, 6) is -3.77. The number of nitrogens with zero attached hydrogens (tertiary/aromatic N) is 1. The monoisotopic (exact) mass is 592 g/mol. The van der Waals surface area contributed by atoms with Crippen LogP contribution in [0.15, 0.2) is 54.8 Å². The zero-order valence-corrected chi connectivity index (χ0v) is 23.5. The van der Waals surface area contributed by atoms with Gasteiger partial charge in [-0.1, -0.05) is 31.7 Å². The topological polar surface area (TPSA) is 124 Å². The Balaban J connectivity index is 1.87. The highest BCUT2D eigenvalue weighted by molar-refractivity contribution is 7.54. The Bertz CT molecular complexity index is 1160. The van der Waals surface area contributed by atoms with Crippen molar-refractivity contribution in [1.82, 2.24) is 10.2 Å². The molecule has 216 valence electrons. The smallest absolute Gasteiger partial charge is 0.380 e. The third-order valence-electron chi connectivity index (χ3n) is 6.02. The molecule has 7 atom stereocenters. The van der Waals surface area contributed by atoms with Crippen LogP contribution >= 0.6 is 19.2 Å². The summed E-state index contributed by atoms with van der Waals surface area (Å²) in [6.45, 7) is 8.51. The second-order valence-corrected chi connectivity index (χ2v) is 12.3. The van der Waals surface area contributed by atoms with E-state index < -0.39 is 73.4 Å². The molecule has 1 fully saturated rings. The molecule has 0 bridgehead atoms. The van der Waals surface area contributed by atoms with Crippen molar-refractivity contribution >= 4 is 31.1 Å². The predicted octanol–water partition coefficient (Wildman–Crippen LogP) is 4.00. The maximum Gasteiger partial charge on any atom is 0.380 e. The van der Waals surface area contributed by atoms with Crippen LogP contribution in [-0.4, -0.2) is 70.2 Å². The van der Waals surface area contributed by atoms with Crippen LogP contribution in [0.1, 0.15) is 27.7 Å². The number of para-hydroxylation sites is 1. The Hall–Kier alpha value is -2.50. The van der Waals surface area contributed by atoms with Gasteiger partial charge in [-0.25, -0.2) is 8.96 Å². The second-order valence-electron chi connectivity index (χ2n) is 9.64. The molecule has 1 saturated heterocycles. The van der Waals surface area contributed by atoms with Crippen LogP contribution in [0.4, 0.5) is 8.78 Å². The first-order chi connectivity index (χ1) is 18.2. The van der Waals surface area contributed by atoms with Gasteiger partial charge in [0.1, 0.15) is 35.3 Å². The lowest BCUT2D eigenvalue weighted by Crippen LogP contribution is -2.54. The van der Waals surface area contributed by atoms with Crippen LogP contribution < -0.4 is 9.84 Å².